The van der Waals surface area contributed by atoms with Gasteiger partial charge in [0, 0.05) is 18.0 Å². The van der Waals surface area contributed by atoms with Crippen molar-refractivity contribution in [3.63, 3.8) is 0 Å². The highest BCUT2D eigenvalue weighted by Crippen LogP contribution is 2.12. The fourth-order valence-corrected chi connectivity index (χ4v) is 2.53. The van der Waals surface area contributed by atoms with Crippen LogP contribution in [-0.2, 0) is 13.0 Å². The van der Waals surface area contributed by atoms with Crippen LogP contribution in [0.1, 0.15) is 21.7 Å². The maximum Gasteiger partial charge on any atom is 0.0991 e. The first-order chi connectivity index (χ1) is 8.79. The van der Waals surface area contributed by atoms with Gasteiger partial charge in [0.2, 0.25) is 0 Å². The van der Waals surface area contributed by atoms with Crippen molar-refractivity contribution in [1.82, 2.24) is 10.3 Å². The zero-order valence-corrected chi connectivity index (χ0v) is 11.1. The van der Waals surface area contributed by atoms with Gasteiger partial charge in [-0.1, -0.05) is 12.1 Å². The molecular formula is C14H15N3S. The minimum atomic E-state index is 0.715. The molecule has 0 saturated carbocycles. The molecule has 0 aliphatic carbocycles. The number of aromatic nitrogens is 1. The van der Waals surface area contributed by atoms with Gasteiger partial charge in [0.15, 0.2) is 0 Å². The highest BCUT2D eigenvalue weighted by atomic mass is 32.1. The Morgan fingerprint density at radius 1 is 1.44 bits per heavy atom. The molecule has 0 amide bonds. The minimum Gasteiger partial charge on any atom is -0.312 e. The lowest BCUT2D eigenvalue weighted by Gasteiger charge is -2.04. The number of nitriles is 1. The number of nitrogens with one attached hydrogen (secondary N) is 1. The summed E-state index contributed by atoms with van der Waals surface area (Å²) in [4.78, 5) is 5.57. The third-order valence-electron chi connectivity index (χ3n) is 2.76. The fraction of sp³-hybridized carbons (Fsp3) is 0.286. The van der Waals surface area contributed by atoms with Gasteiger partial charge in [-0.2, -0.15) is 5.26 Å². The smallest absolute Gasteiger partial charge is 0.0991 e. The molecule has 0 fully saturated rings. The third kappa shape index (κ3) is 3.39. The predicted octanol–water partition coefficient (Wildman–Crippen LogP) is 2.66. The molecule has 0 atom stereocenters. The van der Waals surface area contributed by atoms with Crippen LogP contribution in [0.15, 0.2) is 29.8 Å². The van der Waals surface area contributed by atoms with Gasteiger partial charge >= 0.3 is 0 Å². The average Bonchev–Trinajstić information content (AvgIpc) is 2.81. The molecule has 0 spiro atoms. The second kappa shape index (κ2) is 6.29. The Balaban J connectivity index is 1.79. The number of hydrogen-bond donors (Lipinski definition) is 1. The van der Waals surface area contributed by atoms with Gasteiger partial charge < -0.3 is 5.32 Å². The fourth-order valence-electron chi connectivity index (χ4n) is 1.75. The summed E-state index contributed by atoms with van der Waals surface area (Å²) in [5.41, 5.74) is 4.89. The molecule has 0 saturated heterocycles. The van der Waals surface area contributed by atoms with Crippen molar-refractivity contribution >= 4 is 11.3 Å². The zero-order valence-electron chi connectivity index (χ0n) is 10.3. The lowest BCUT2D eigenvalue weighted by molar-refractivity contribution is 0.689. The molecule has 1 aromatic carbocycles. The maximum absolute atomic E-state index is 8.81. The molecule has 0 radical (unpaired) electrons. The number of aryl methyl sites for hydroxylation is 1. The SMILES string of the molecule is Cc1ncsc1CCNCc1cccc(C#N)c1. The Labute approximate surface area is 111 Å². The highest BCUT2D eigenvalue weighted by Gasteiger charge is 2.00. The Hall–Kier alpha value is -1.70. The minimum absolute atomic E-state index is 0.715. The van der Waals surface area contributed by atoms with Crippen LogP contribution in [0.3, 0.4) is 0 Å². The van der Waals surface area contributed by atoms with Gasteiger partial charge in [-0.05, 0) is 31.0 Å². The van der Waals surface area contributed by atoms with Crippen molar-refractivity contribution in [2.45, 2.75) is 19.9 Å². The van der Waals surface area contributed by atoms with E-state index in [9.17, 15) is 0 Å². The van der Waals surface area contributed by atoms with Gasteiger partial charge in [-0.15, -0.1) is 11.3 Å². The first-order valence-electron chi connectivity index (χ1n) is 5.88. The summed E-state index contributed by atoms with van der Waals surface area (Å²) >= 11 is 1.71. The number of hydrogen-bond acceptors (Lipinski definition) is 4. The second-order valence-electron chi connectivity index (χ2n) is 4.10. The third-order valence-corrected chi connectivity index (χ3v) is 3.75. The van der Waals surface area contributed by atoms with Crippen LogP contribution in [0.5, 0.6) is 0 Å². The molecule has 1 aromatic heterocycles. The van der Waals surface area contributed by atoms with Crippen LogP contribution in [0.25, 0.3) is 0 Å². The molecule has 2 rings (SSSR count). The van der Waals surface area contributed by atoms with Crippen LogP contribution in [0.2, 0.25) is 0 Å². The number of rotatable bonds is 5. The molecule has 0 unspecified atom stereocenters. The van der Waals surface area contributed by atoms with E-state index in [4.69, 9.17) is 5.26 Å². The Bertz CT molecular complexity index is 554. The monoisotopic (exact) mass is 257 g/mol. The quantitative estimate of drug-likeness (QED) is 0.838. The largest absolute Gasteiger partial charge is 0.312 e. The van der Waals surface area contributed by atoms with E-state index in [1.54, 1.807) is 11.3 Å². The molecule has 0 aliphatic rings. The zero-order chi connectivity index (χ0) is 12.8. The molecule has 3 nitrogen and oxygen atoms in total. The summed E-state index contributed by atoms with van der Waals surface area (Å²) in [7, 11) is 0. The summed E-state index contributed by atoms with van der Waals surface area (Å²) in [5.74, 6) is 0. The van der Waals surface area contributed by atoms with Crippen molar-refractivity contribution < 1.29 is 0 Å². The highest BCUT2D eigenvalue weighted by molar-refractivity contribution is 7.09. The Kier molecular flexibility index (Phi) is 4.46. The average molecular weight is 257 g/mol. The van der Waals surface area contributed by atoms with E-state index in [1.807, 2.05) is 36.7 Å². The summed E-state index contributed by atoms with van der Waals surface area (Å²) in [6.45, 7) is 3.77. The van der Waals surface area contributed by atoms with Crippen molar-refractivity contribution in [1.29, 1.82) is 5.26 Å². The van der Waals surface area contributed by atoms with E-state index in [2.05, 4.69) is 16.4 Å². The lowest BCUT2D eigenvalue weighted by atomic mass is 10.1. The predicted molar refractivity (Wildman–Crippen MR) is 73.4 cm³/mol. The molecule has 0 aliphatic heterocycles. The van der Waals surface area contributed by atoms with E-state index in [-0.39, 0.29) is 0 Å². The van der Waals surface area contributed by atoms with Crippen LogP contribution in [0.4, 0.5) is 0 Å². The second-order valence-corrected chi connectivity index (χ2v) is 5.04. The van der Waals surface area contributed by atoms with E-state index >= 15 is 0 Å². The molecule has 1 N–H and O–H groups in total. The summed E-state index contributed by atoms with van der Waals surface area (Å²) in [6.07, 6.45) is 1.01. The molecule has 18 heavy (non-hydrogen) atoms. The lowest BCUT2D eigenvalue weighted by Crippen LogP contribution is -2.16. The topological polar surface area (TPSA) is 48.7 Å². The standard InChI is InChI=1S/C14H15N3S/c1-11-14(18-10-17-11)5-6-16-9-13-4-2-3-12(7-13)8-15/h2-4,7,10,16H,5-6,9H2,1H3. The van der Waals surface area contributed by atoms with Crippen molar-refractivity contribution in [2.24, 2.45) is 0 Å². The first kappa shape index (κ1) is 12.7. The number of thiazole rings is 1. The summed E-state index contributed by atoms with van der Waals surface area (Å²) < 4.78 is 0. The molecular weight excluding hydrogens is 242 g/mol. The molecule has 4 heteroatoms. The normalized spacial score (nSPS) is 10.2. The molecule has 2 aromatic rings. The van der Waals surface area contributed by atoms with Crippen LogP contribution >= 0.6 is 11.3 Å². The summed E-state index contributed by atoms with van der Waals surface area (Å²) in [5, 5.41) is 12.2. The Morgan fingerprint density at radius 2 is 2.33 bits per heavy atom. The van der Waals surface area contributed by atoms with Gasteiger partial charge in [0.25, 0.3) is 0 Å². The van der Waals surface area contributed by atoms with Crippen LogP contribution in [0, 0.1) is 18.3 Å². The van der Waals surface area contributed by atoms with E-state index in [0.29, 0.717) is 5.56 Å². The first-order valence-corrected chi connectivity index (χ1v) is 6.76. The number of nitrogens with zero attached hydrogens (tertiary/aromatic N) is 2. The van der Waals surface area contributed by atoms with Gasteiger partial charge in [0.05, 0.1) is 22.8 Å². The van der Waals surface area contributed by atoms with Gasteiger partial charge in [0.1, 0.15) is 0 Å². The Morgan fingerprint density at radius 3 is 3.06 bits per heavy atom. The number of benzene rings is 1. The molecule has 0 bridgehead atoms. The van der Waals surface area contributed by atoms with E-state index in [0.717, 1.165) is 30.8 Å². The van der Waals surface area contributed by atoms with Crippen molar-refractivity contribution in [3.05, 3.63) is 51.5 Å². The van der Waals surface area contributed by atoms with Crippen molar-refractivity contribution in [2.75, 3.05) is 6.54 Å². The van der Waals surface area contributed by atoms with Crippen LogP contribution < -0.4 is 5.32 Å². The molecule has 92 valence electrons. The van der Waals surface area contributed by atoms with Crippen molar-refractivity contribution in [3.8, 4) is 6.07 Å². The summed E-state index contributed by atoms with van der Waals surface area (Å²) in [6, 6.07) is 9.85. The van der Waals surface area contributed by atoms with Gasteiger partial charge in [-0.25, -0.2) is 4.98 Å². The van der Waals surface area contributed by atoms with Gasteiger partial charge in [-0.3, -0.25) is 0 Å². The maximum atomic E-state index is 8.81. The molecule has 1 heterocycles. The van der Waals surface area contributed by atoms with E-state index in [1.165, 1.54) is 4.88 Å². The van der Waals surface area contributed by atoms with E-state index < -0.39 is 0 Å². The van der Waals surface area contributed by atoms with Crippen LogP contribution in [-0.4, -0.2) is 11.5 Å².